The zero-order chi connectivity index (χ0) is 6.81. The van der Waals surface area contributed by atoms with Crippen LogP contribution in [0.25, 0.3) is 0 Å². The minimum Gasteiger partial charge on any atom is -0.380 e. The summed E-state index contributed by atoms with van der Waals surface area (Å²) in [6, 6.07) is 0.388. The van der Waals surface area contributed by atoms with Crippen molar-refractivity contribution in [2.75, 3.05) is 6.54 Å². The van der Waals surface area contributed by atoms with Crippen LogP contribution in [0.15, 0.2) is 28.9 Å². The van der Waals surface area contributed by atoms with Crippen molar-refractivity contribution in [3.63, 3.8) is 0 Å². The summed E-state index contributed by atoms with van der Waals surface area (Å²) >= 11 is 0. The maximum Gasteiger partial charge on any atom is 0.0824 e. The highest BCUT2D eigenvalue weighted by Gasteiger charge is 2.14. The first-order valence-corrected chi connectivity index (χ1v) is 3.58. The topological polar surface area (TPSA) is 24.4 Å². The number of rotatable bonds is 0. The second-order valence-corrected chi connectivity index (χ2v) is 2.55. The Morgan fingerprint density at radius 1 is 1.60 bits per heavy atom. The molecule has 52 valence electrons. The average Bonchev–Trinajstić information content (AvgIpc) is 2.05. The molecular weight excluding hydrogens is 124 g/mol. The van der Waals surface area contributed by atoms with E-state index in [0.717, 1.165) is 13.0 Å². The molecular formula is C8H10N2. The molecule has 0 amide bonds. The van der Waals surface area contributed by atoms with E-state index in [2.05, 4.69) is 16.4 Å². The van der Waals surface area contributed by atoms with Gasteiger partial charge in [0.2, 0.25) is 0 Å². The Kier molecular flexibility index (Phi) is 1.31. The Labute approximate surface area is 60.3 Å². The van der Waals surface area contributed by atoms with Crippen LogP contribution in [0.5, 0.6) is 0 Å². The van der Waals surface area contributed by atoms with Gasteiger partial charge in [-0.05, 0) is 24.3 Å². The van der Waals surface area contributed by atoms with Gasteiger partial charge in [0.15, 0.2) is 0 Å². The van der Waals surface area contributed by atoms with Crippen LogP contribution in [0.3, 0.4) is 0 Å². The third-order valence-corrected chi connectivity index (χ3v) is 1.87. The zero-order valence-corrected chi connectivity index (χ0v) is 5.75. The molecule has 2 heterocycles. The Morgan fingerprint density at radius 2 is 2.60 bits per heavy atom. The maximum absolute atomic E-state index is 4.20. The molecule has 0 aliphatic carbocycles. The predicted molar refractivity (Wildman–Crippen MR) is 42.1 cm³/mol. The maximum atomic E-state index is 4.20. The van der Waals surface area contributed by atoms with E-state index in [1.165, 1.54) is 5.57 Å². The van der Waals surface area contributed by atoms with Gasteiger partial charge in [0.05, 0.1) is 6.04 Å². The molecule has 2 aliphatic heterocycles. The van der Waals surface area contributed by atoms with Crippen molar-refractivity contribution < 1.29 is 0 Å². The van der Waals surface area contributed by atoms with Gasteiger partial charge < -0.3 is 5.32 Å². The van der Waals surface area contributed by atoms with Crippen molar-refractivity contribution in [3.8, 4) is 0 Å². The van der Waals surface area contributed by atoms with Crippen LogP contribution in [-0.2, 0) is 0 Å². The lowest BCUT2D eigenvalue weighted by molar-refractivity contribution is 0.743. The Hall–Kier alpha value is -1.05. The molecule has 2 nitrogen and oxygen atoms in total. The number of allylic oxidation sites excluding steroid dienone is 2. The van der Waals surface area contributed by atoms with Gasteiger partial charge >= 0.3 is 0 Å². The summed E-state index contributed by atoms with van der Waals surface area (Å²) < 4.78 is 0. The lowest BCUT2D eigenvalue weighted by Crippen LogP contribution is -2.32. The van der Waals surface area contributed by atoms with Crippen molar-refractivity contribution in [1.82, 2.24) is 5.32 Å². The second kappa shape index (κ2) is 2.29. The summed E-state index contributed by atoms with van der Waals surface area (Å²) in [7, 11) is 0. The molecule has 2 rings (SSSR count). The van der Waals surface area contributed by atoms with Gasteiger partial charge in [-0.25, -0.2) is 0 Å². The van der Waals surface area contributed by atoms with Gasteiger partial charge in [0, 0.05) is 12.8 Å². The molecule has 1 atom stereocenters. The summed E-state index contributed by atoms with van der Waals surface area (Å²) in [5, 5.41) is 3.22. The molecule has 0 saturated carbocycles. The van der Waals surface area contributed by atoms with Crippen molar-refractivity contribution in [2.24, 2.45) is 4.99 Å². The Bertz CT molecular complexity index is 213. The number of nitrogens with one attached hydrogen (secondary N) is 1. The van der Waals surface area contributed by atoms with Crippen molar-refractivity contribution in [2.45, 2.75) is 12.5 Å². The summed E-state index contributed by atoms with van der Waals surface area (Å²) in [6.07, 6.45) is 9.28. The first-order valence-electron chi connectivity index (χ1n) is 3.58. The quantitative estimate of drug-likeness (QED) is 0.522. The molecule has 0 aromatic carbocycles. The van der Waals surface area contributed by atoms with E-state index in [0.29, 0.717) is 6.04 Å². The number of dihydropyridines is 1. The third-order valence-electron chi connectivity index (χ3n) is 1.87. The summed E-state index contributed by atoms with van der Waals surface area (Å²) in [4.78, 5) is 4.20. The molecule has 0 fully saturated rings. The minimum absolute atomic E-state index is 0.388. The fourth-order valence-corrected chi connectivity index (χ4v) is 1.29. The highest BCUT2D eigenvalue weighted by molar-refractivity contribution is 5.71. The van der Waals surface area contributed by atoms with Crippen LogP contribution in [0, 0.1) is 0 Å². The lowest BCUT2D eigenvalue weighted by Gasteiger charge is -2.22. The zero-order valence-electron chi connectivity index (χ0n) is 5.75. The largest absolute Gasteiger partial charge is 0.380 e. The predicted octanol–water partition coefficient (Wildman–Crippen LogP) is 0.873. The van der Waals surface area contributed by atoms with Crippen LogP contribution in [-0.4, -0.2) is 18.8 Å². The standard InChI is InChI=1S/C8H10N2/c1-2-7-3-5-9-6-8(7)10-4-1/h1-2,4,6,8,10H,3,5H2. The SMILES string of the molecule is C1=CNC2C=NCCC2=C1. The van der Waals surface area contributed by atoms with E-state index in [4.69, 9.17) is 0 Å². The van der Waals surface area contributed by atoms with Gasteiger partial charge in [-0.1, -0.05) is 6.08 Å². The lowest BCUT2D eigenvalue weighted by atomic mass is 10.0. The molecule has 2 aliphatic rings. The molecule has 1 unspecified atom stereocenters. The molecule has 0 aromatic rings. The second-order valence-electron chi connectivity index (χ2n) is 2.55. The molecule has 0 radical (unpaired) electrons. The fraction of sp³-hybridized carbons (Fsp3) is 0.375. The molecule has 10 heavy (non-hydrogen) atoms. The molecule has 2 heteroatoms. The average molecular weight is 134 g/mol. The first kappa shape index (κ1) is 5.71. The number of aliphatic imine (C=N–C) groups is 1. The Balaban J connectivity index is 2.26. The van der Waals surface area contributed by atoms with E-state index in [1.54, 1.807) is 0 Å². The van der Waals surface area contributed by atoms with Gasteiger partial charge in [-0.3, -0.25) is 4.99 Å². The van der Waals surface area contributed by atoms with E-state index < -0.39 is 0 Å². The summed E-state index contributed by atoms with van der Waals surface area (Å²) in [6.45, 7) is 0.956. The van der Waals surface area contributed by atoms with E-state index in [9.17, 15) is 0 Å². The molecule has 0 aromatic heterocycles. The van der Waals surface area contributed by atoms with Crippen molar-refractivity contribution >= 4 is 6.21 Å². The smallest absolute Gasteiger partial charge is 0.0824 e. The highest BCUT2D eigenvalue weighted by atomic mass is 14.9. The monoisotopic (exact) mass is 134 g/mol. The summed E-state index contributed by atoms with van der Waals surface area (Å²) in [5.74, 6) is 0. The summed E-state index contributed by atoms with van der Waals surface area (Å²) in [5.41, 5.74) is 1.46. The van der Waals surface area contributed by atoms with Crippen LogP contribution in [0.2, 0.25) is 0 Å². The fourth-order valence-electron chi connectivity index (χ4n) is 1.29. The van der Waals surface area contributed by atoms with Gasteiger partial charge in [-0.15, -0.1) is 0 Å². The molecule has 0 saturated heterocycles. The van der Waals surface area contributed by atoms with E-state index >= 15 is 0 Å². The number of fused-ring (bicyclic) bond motifs is 1. The number of nitrogens with zero attached hydrogens (tertiary/aromatic N) is 1. The van der Waals surface area contributed by atoms with Crippen LogP contribution >= 0.6 is 0 Å². The van der Waals surface area contributed by atoms with Crippen LogP contribution in [0.1, 0.15) is 6.42 Å². The number of hydrogen-bond donors (Lipinski definition) is 1. The van der Waals surface area contributed by atoms with Crippen LogP contribution in [0.4, 0.5) is 0 Å². The molecule has 0 bridgehead atoms. The van der Waals surface area contributed by atoms with Crippen molar-refractivity contribution in [3.05, 3.63) is 23.9 Å². The first-order chi connectivity index (χ1) is 4.97. The highest BCUT2D eigenvalue weighted by Crippen LogP contribution is 2.13. The van der Waals surface area contributed by atoms with Gasteiger partial charge in [0.25, 0.3) is 0 Å². The van der Waals surface area contributed by atoms with E-state index in [-0.39, 0.29) is 0 Å². The normalized spacial score (nSPS) is 28.8. The number of hydrogen-bond acceptors (Lipinski definition) is 2. The minimum atomic E-state index is 0.388. The van der Waals surface area contributed by atoms with Gasteiger partial charge in [0.1, 0.15) is 0 Å². The van der Waals surface area contributed by atoms with Crippen LogP contribution < -0.4 is 5.32 Å². The van der Waals surface area contributed by atoms with E-state index in [1.807, 2.05) is 18.5 Å². The Morgan fingerprint density at radius 3 is 3.50 bits per heavy atom. The van der Waals surface area contributed by atoms with Crippen molar-refractivity contribution in [1.29, 1.82) is 0 Å². The third kappa shape index (κ3) is 0.856. The van der Waals surface area contributed by atoms with Gasteiger partial charge in [-0.2, -0.15) is 0 Å². The molecule has 0 spiro atoms. The molecule has 1 N–H and O–H groups in total.